The lowest BCUT2D eigenvalue weighted by atomic mass is 9.89. The van der Waals surface area contributed by atoms with Crippen LogP contribution in [-0.2, 0) is 15.0 Å². The van der Waals surface area contributed by atoms with Gasteiger partial charge in [-0.3, -0.25) is 4.79 Å². The number of aliphatic hydroxyl groups is 1. The molecule has 0 radical (unpaired) electrons. The van der Waals surface area contributed by atoms with Crippen LogP contribution in [0.2, 0.25) is 0 Å². The number of nitrogens with zero attached hydrogens (tertiary/aromatic N) is 2. The van der Waals surface area contributed by atoms with Crippen LogP contribution in [0.4, 0.5) is 0 Å². The Morgan fingerprint density at radius 2 is 1.92 bits per heavy atom. The van der Waals surface area contributed by atoms with Crippen LogP contribution in [0, 0.1) is 0 Å². The van der Waals surface area contributed by atoms with Gasteiger partial charge in [0.1, 0.15) is 11.7 Å². The highest BCUT2D eigenvalue weighted by Crippen LogP contribution is 2.31. The molecule has 24 heavy (non-hydrogen) atoms. The number of amides is 1. The second-order valence-electron chi connectivity index (χ2n) is 5.65. The van der Waals surface area contributed by atoms with Gasteiger partial charge in [0.2, 0.25) is 5.91 Å². The van der Waals surface area contributed by atoms with Gasteiger partial charge in [0.25, 0.3) is 0 Å². The Morgan fingerprint density at radius 3 is 2.38 bits per heavy atom. The van der Waals surface area contributed by atoms with Crippen molar-refractivity contribution in [3.8, 4) is 0 Å². The van der Waals surface area contributed by atoms with Gasteiger partial charge in [0, 0.05) is 19.3 Å². The van der Waals surface area contributed by atoms with Crippen LogP contribution >= 0.6 is 0 Å². The lowest BCUT2D eigenvalue weighted by Crippen LogP contribution is -2.48. The highest BCUT2D eigenvalue weighted by molar-refractivity contribution is 7.87. The van der Waals surface area contributed by atoms with Crippen LogP contribution in [0.15, 0.2) is 12.3 Å². The molecular weight excluding hydrogens is 340 g/mol. The summed E-state index contributed by atoms with van der Waals surface area (Å²) in [5.41, 5.74) is 5.50. The number of carboxylic acids is 1. The topological polar surface area (TPSA) is 169 Å². The molecule has 1 saturated heterocycles. The van der Waals surface area contributed by atoms with E-state index in [0.717, 1.165) is 6.20 Å². The number of likely N-dealkylation sites (tertiary alicyclic amines) is 1. The number of aromatic nitrogens is 1. The Morgan fingerprint density at radius 1 is 1.33 bits per heavy atom. The summed E-state index contributed by atoms with van der Waals surface area (Å²) in [6.07, 6.45) is 2.03. The third-order valence-corrected chi connectivity index (χ3v) is 4.97. The summed E-state index contributed by atoms with van der Waals surface area (Å²) in [6.45, 7) is 0.243. The van der Waals surface area contributed by atoms with Crippen LogP contribution in [0.5, 0.6) is 0 Å². The summed E-state index contributed by atoms with van der Waals surface area (Å²) in [6, 6.07) is 0.453. The lowest BCUT2D eigenvalue weighted by Gasteiger charge is -2.33. The molecule has 1 atom stereocenters. The number of aromatic carboxylic acids is 1. The van der Waals surface area contributed by atoms with Crippen LogP contribution in [0.3, 0.4) is 0 Å². The number of aliphatic hydroxyl groups excluding tert-OH is 1. The molecular formula is C13H20N4O6S. The number of rotatable bonds is 5. The molecule has 6 N–H and O–H groups in total. The molecule has 10 nitrogen and oxygen atoms in total. The highest BCUT2D eigenvalue weighted by atomic mass is 32.2. The van der Waals surface area contributed by atoms with Gasteiger partial charge in [0.15, 0.2) is 0 Å². The number of nitrogens with two attached hydrogens (primary N) is 2. The van der Waals surface area contributed by atoms with Crippen LogP contribution in [0.1, 0.15) is 34.8 Å². The number of carbonyl (C=O) groups excluding carboxylic acids is 1. The molecule has 0 unspecified atom stereocenters. The van der Waals surface area contributed by atoms with Crippen LogP contribution < -0.4 is 10.9 Å². The fraction of sp³-hybridized carbons (Fsp3) is 0.538. The molecule has 1 fully saturated rings. The minimum absolute atomic E-state index is 0.214. The first-order chi connectivity index (χ1) is 11.2. The van der Waals surface area contributed by atoms with Crippen LogP contribution in [0.25, 0.3) is 0 Å². The Bertz CT molecular complexity index is 736. The number of piperidine rings is 1. The van der Waals surface area contributed by atoms with E-state index in [1.807, 2.05) is 0 Å². The van der Waals surface area contributed by atoms with Crippen LogP contribution in [-0.4, -0.2) is 65.1 Å². The second-order valence-corrected chi connectivity index (χ2v) is 7.08. The first-order valence-electron chi connectivity index (χ1n) is 7.29. The quantitative estimate of drug-likeness (QED) is 0.483. The van der Waals surface area contributed by atoms with Gasteiger partial charge in [-0.2, -0.15) is 8.42 Å². The number of hydrogen-bond donors (Lipinski definition) is 4. The third-order valence-electron chi connectivity index (χ3n) is 4.12. The van der Waals surface area contributed by atoms with Crippen molar-refractivity contribution in [3.05, 3.63) is 23.5 Å². The number of hydrogen-bond acceptors (Lipinski definition) is 6. The summed E-state index contributed by atoms with van der Waals surface area (Å²) in [4.78, 5) is 24.9. The molecule has 1 aromatic heterocycles. The molecule has 0 aliphatic carbocycles. The first-order valence-corrected chi connectivity index (χ1v) is 8.80. The minimum Gasteiger partial charge on any atom is -0.477 e. The maximum absolute atomic E-state index is 11.9. The SMILES string of the molecule is N[C@@H](CO)C(=O)N1CCC(c2ccn(S(N)(=O)=O)c2C(=O)O)CC1. The van der Waals surface area contributed by atoms with Crippen molar-refractivity contribution < 1.29 is 28.2 Å². The summed E-state index contributed by atoms with van der Waals surface area (Å²) in [7, 11) is -4.21. The second kappa shape index (κ2) is 6.89. The fourth-order valence-corrected chi connectivity index (χ4v) is 3.58. The van der Waals surface area contributed by atoms with E-state index in [0.29, 0.717) is 35.5 Å². The summed E-state index contributed by atoms with van der Waals surface area (Å²) < 4.78 is 23.5. The summed E-state index contributed by atoms with van der Waals surface area (Å²) >= 11 is 0. The largest absolute Gasteiger partial charge is 0.477 e. The van der Waals surface area contributed by atoms with E-state index < -0.39 is 28.8 Å². The van der Waals surface area contributed by atoms with E-state index in [-0.39, 0.29) is 17.5 Å². The molecule has 134 valence electrons. The average Bonchev–Trinajstić information content (AvgIpc) is 2.99. The molecule has 0 aromatic carbocycles. The predicted octanol–water partition coefficient (Wildman–Crippen LogP) is -1.74. The van der Waals surface area contributed by atoms with Crippen molar-refractivity contribution in [1.29, 1.82) is 0 Å². The van der Waals surface area contributed by atoms with Gasteiger partial charge in [-0.15, -0.1) is 0 Å². The Hall–Kier alpha value is -1.95. The lowest BCUT2D eigenvalue weighted by molar-refractivity contribution is -0.134. The molecule has 0 saturated carbocycles. The molecule has 1 aromatic rings. The zero-order chi connectivity index (χ0) is 18.1. The standard InChI is InChI=1S/C13H20N4O6S/c14-10(7-18)12(19)16-4-1-8(2-5-16)9-3-6-17(24(15,22)23)11(9)13(20)21/h3,6,8,10,18H,1-2,4-5,7,14H2,(H,20,21)(H2,15,22,23)/t10-/m0/s1. The van der Waals surface area contributed by atoms with Gasteiger partial charge in [-0.25, -0.2) is 13.9 Å². The van der Waals surface area contributed by atoms with E-state index in [9.17, 15) is 23.1 Å². The molecule has 1 amide bonds. The van der Waals surface area contributed by atoms with Gasteiger partial charge in [-0.1, -0.05) is 0 Å². The van der Waals surface area contributed by atoms with Crippen molar-refractivity contribution in [2.75, 3.05) is 19.7 Å². The summed E-state index contributed by atoms with van der Waals surface area (Å²) in [5, 5.41) is 23.3. The summed E-state index contributed by atoms with van der Waals surface area (Å²) in [5.74, 6) is -1.96. The molecule has 11 heteroatoms. The molecule has 0 spiro atoms. The monoisotopic (exact) mass is 360 g/mol. The van der Waals surface area contributed by atoms with Gasteiger partial charge >= 0.3 is 16.2 Å². The number of carbonyl (C=O) groups is 2. The molecule has 0 bridgehead atoms. The average molecular weight is 360 g/mol. The van der Waals surface area contributed by atoms with Crippen molar-refractivity contribution >= 4 is 22.1 Å². The third kappa shape index (κ3) is 3.59. The Kier molecular flexibility index (Phi) is 5.28. The van der Waals surface area contributed by atoms with Gasteiger partial charge in [-0.05, 0) is 30.4 Å². The van der Waals surface area contributed by atoms with E-state index >= 15 is 0 Å². The highest BCUT2D eigenvalue weighted by Gasteiger charge is 2.31. The van der Waals surface area contributed by atoms with E-state index in [1.165, 1.54) is 11.0 Å². The van der Waals surface area contributed by atoms with Gasteiger partial charge in [0.05, 0.1) is 6.61 Å². The molecule has 1 aliphatic rings. The number of carboxylic acid groups (broad SMARTS) is 1. The maximum Gasteiger partial charge on any atom is 0.353 e. The Balaban J connectivity index is 2.20. The smallest absolute Gasteiger partial charge is 0.353 e. The van der Waals surface area contributed by atoms with Crippen molar-refractivity contribution in [1.82, 2.24) is 8.87 Å². The fourth-order valence-electron chi connectivity index (χ4n) is 2.91. The molecule has 1 aliphatic heterocycles. The zero-order valence-electron chi connectivity index (χ0n) is 12.8. The zero-order valence-corrected chi connectivity index (χ0v) is 13.6. The Labute approximate surface area is 138 Å². The van der Waals surface area contributed by atoms with E-state index in [1.54, 1.807) is 0 Å². The van der Waals surface area contributed by atoms with E-state index in [4.69, 9.17) is 16.0 Å². The predicted molar refractivity (Wildman–Crippen MR) is 83.5 cm³/mol. The maximum atomic E-state index is 11.9. The van der Waals surface area contributed by atoms with Crippen molar-refractivity contribution in [3.63, 3.8) is 0 Å². The molecule has 2 heterocycles. The van der Waals surface area contributed by atoms with Crippen molar-refractivity contribution in [2.24, 2.45) is 10.9 Å². The van der Waals surface area contributed by atoms with E-state index in [2.05, 4.69) is 0 Å². The molecule has 2 rings (SSSR count). The van der Waals surface area contributed by atoms with Gasteiger partial charge < -0.3 is 20.8 Å². The normalized spacial score (nSPS) is 17.7. The first kappa shape index (κ1) is 18.4. The minimum atomic E-state index is -4.21. The van der Waals surface area contributed by atoms with Crippen molar-refractivity contribution in [2.45, 2.75) is 24.8 Å².